The Hall–Kier alpha value is -1.36. The Morgan fingerprint density at radius 1 is 1.26 bits per heavy atom. The topological polar surface area (TPSA) is 40.6 Å². The van der Waals surface area contributed by atoms with Crippen LogP contribution in [0.3, 0.4) is 0 Å². The normalized spacial score (nSPS) is 10.2. The maximum Gasteiger partial charge on any atom is 0.254 e. The molecule has 0 saturated heterocycles. The number of carbonyl (C=O) groups is 2. The Morgan fingerprint density at radius 3 is 2.42 bits per heavy atom. The van der Waals surface area contributed by atoms with Crippen LogP contribution in [0, 0.1) is 6.92 Å². The first-order valence-electron chi connectivity index (χ1n) is 6.12. The summed E-state index contributed by atoms with van der Waals surface area (Å²) in [6.07, 6.45) is 0. The third-order valence-electron chi connectivity index (χ3n) is 2.92. The molecule has 4 nitrogen and oxygen atoms in total. The van der Waals surface area contributed by atoms with Crippen LogP contribution < -0.4 is 0 Å². The summed E-state index contributed by atoms with van der Waals surface area (Å²) in [5.74, 6) is -0.195. The first kappa shape index (κ1) is 15.7. The van der Waals surface area contributed by atoms with Gasteiger partial charge in [0.15, 0.2) is 0 Å². The van der Waals surface area contributed by atoms with E-state index in [1.165, 1.54) is 4.90 Å². The van der Waals surface area contributed by atoms with Crippen LogP contribution in [0.15, 0.2) is 22.7 Å². The molecule has 1 aromatic rings. The fourth-order valence-electron chi connectivity index (χ4n) is 1.63. The number of aryl methyl sites for hydroxylation is 1. The lowest BCUT2D eigenvalue weighted by Crippen LogP contribution is -2.40. The first-order valence-corrected chi connectivity index (χ1v) is 6.91. The van der Waals surface area contributed by atoms with E-state index < -0.39 is 0 Å². The van der Waals surface area contributed by atoms with Gasteiger partial charge in [-0.15, -0.1) is 0 Å². The molecule has 0 unspecified atom stereocenters. The van der Waals surface area contributed by atoms with Crippen molar-refractivity contribution in [3.8, 4) is 0 Å². The lowest BCUT2D eigenvalue weighted by Gasteiger charge is -2.23. The van der Waals surface area contributed by atoms with Crippen molar-refractivity contribution in [3.63, 3.8) is 0 Å². The number of halogens is 1. The summed E-state index contributed by atoms with van der Waals surface area (Å²) >= 11 is 3.36. The zero-order valence-electron chi connectivity index (χ0n) is 11.7. The van der Waals surface area contributed by atoms with Crippen molar-refractivity contribution >= 4 is 27.7 Å². The van der Waals surface area contributed by atoms with Gasteiger partial charge >= 0.3 is 0 Å². The lowest BCUT2D eigenvalue weighted by molar-refractivity contribution is -0.129. The standard InChI is InChI=1S/C14H19BrN2O2/c1-5-17(9-13(18)16(3)4)14(19)12-8-11(15)7-6-10(12)2/h6-8H,5,9H2,1-4H3. The Morgan fingerprint density at radius 2 is 1.89 bits per heavy atom. The first-order chi connectivity index (χ1) is 8.86. The van der Waals surface area contributed by atoms with Crippen LogP contribution >= 0.6 is 15.9 Å². The van der Waals surface area contributed by atoms with Crippen LogP contribution in [0.4, 0.5) is 0 Å². The fourth-order valence-corrected chi connectivity index (χ4v) is 1.99. The van der Waals surface area contributed by atoms with E-state index in [1.54, 1.807) is 25.1 Å². The van der Waals surface area contributed by atoms with E-state index in [0.717, 1.165) is 10.0 Å². The monoisotopic (exact) mass is 326 g/mol. The number of likely N-dealkylation sites (N-methyl/N-ethyl adjacent to an activating group) is 2. The number of hydrogen-bond acceptors (Lipinski definition) is 2. The van der Waals surface area contributed by atoms with E-state index in [-0.39, 0.29) is 18.4 Å². The van der Waals surface area contributed by atoms with Gasteiger partial charge in [0.1, 0.15) is 0 Å². The molecule has 0 aromatic heterocycles. The Bertz CT molecular complexity index is 486. The van der Waals surface area contributed by atoms with Crippen molar-refractivity contribution in [1.82, 2.24) is 9.80 Å². The zero-order chi connectivity index (χ0) is 14.6. The number of benzene rings is 1. The van der Waals surface area contributed by atoms with E-state index in [4.69, 9.17) is 0 Å². The summed E-state index contributed by atoms with van der Waals surface area (Å²) in [6.45, 7) is 4.37. The molecule has 0 spiro atoms. The molecule has 0 aliphatic heterocycles. The van der Waals surface area contributed by atoms with Crippen LogP contribution in [-0.2, 0) is 4.79 Å². The van der Waals surface area contributed by atoms with E-state index in [0.29, 0.717) is 12.1 Å². The van der Waals surface area contributed by atoms with Gasteiger partial charge in [-0.3, -0.25) is 9.59 Å². The maximum absolute atomic E-state index is 12.4. The average molecular weight is 327 g/mol. The van der Waals surface area contributed by atoms with Crippen LogP contribution in [0.1, 0.15) is 22.8 Å². The minimum Gasteiger partial charge on any atom is -0.347 e. The number of nitrogens with zero attached hydrogens (tertiary/aromatic N) is 2. The summed E-state index contributed by atoms with van der Waals surface area (Å²) in [7, 11) is 3.37. The van der Waals surface area contributed by atoms with Gasteiger partial charge in [-0.05, 0) is 31.5 Å². The van der Waals surface area contributed by atoms with Crippen LogP contribution in [0.2, 0.25) is 0 Å². The summed E-state index contributed by atoms with van der Waals surface area (Å²) in [5.41, 5.74) is 1.53. The molecule has 0 atom stereocenters. The zero-order valence-corrected chi connectivity index (χ0v) is 13.3. The number of amides is 2. The third-order valence-corrected chi connectivity index (χ3v) is 3.42. The highest BCUT2D eigenvalue weighted by Crippen LogP contribution is 2.17. The van der Waals surface area contributed by atoms with Gasteiger partial charge < -0.3 is 9.80 Å². The third kappa shape index (κ3) is 4.06. The molecule has 0 fully saturated rings. The Labute approximate surface area is 122 Å². The highest BCUT2D eigenvalue weighted by molar-refractivity contribution is 9.10. The van der Waals surface area contributed by atoms with Crippen molar-refractivity contribution in [2.24, 2.45) is 0 Å². The molecule has 0 aliphatic rings. The predicted octanol–water partition coefficient (Wildman–Crippen LogP) is 2.31. The molecule has 104 valence electrons. The van der Waals surface area contributed by atoms with E-state index in [1.807, 2.05) is 26.0 Å². The average Bonchev–Trinajstić information content (AvgIpc) is 2.37. The van der Waals surface area contributed by atoms with Crippen LogP contribution in [0.25, 0.3) is 0 Å². The minimum atomic E-state index is -0.114. The SMILES string of the molecule is CCN(CC(=O)N(C)C)C(=O)c1cc(Br)ccc1C. The second-order valence-corrected chi connectivity index (χ2v) is 5.48. The van der Waals surface area contributed by atoms with Crippen molar-refractivity contribution in [2.75, 3.05) is 27.2 Å². The number of hydrogen-bond donors (Lipinski definition) is 0. The highest BCUT2D eigenvalue weighted by atomic mass is 79.9. The molecule has 0 aliphatic carbocycles. The number of carbonyl (C=O) groups excluding carboxylic acids is 2. The largest absolute Gasteiger partial charge is 0.347 e. The summed E-state index contributed by atoms with van der Waals surface area (Å²) in [4.78, 5) is 27.2. The van der Waals surface area contributed by atoms with Gasteiger partial charge in [-0.1, -0.05) is 22.0 Å². The predicted molar refractivity (Wildman–Crippen MR) is 79.2 cm³/mol. The smallest absolute Gasteiger partial charge is 0.254 e. The van der Waals surface area contributed by atoms with Gasteiger partial charge in [0.05, 0.1) is 6.54 Å². The molecule has 2 amide bonds. The van der Waals surface area contributed by atoms with Crippen molar-refractivity contribution < 1.29 is 9.59 Å². The minimum absolute atomic E-state index is 0.0807. The molecule has 0 saturated carbocycles. The second-order valence-electron chi connectivity index (χ2n) is 4.57. The molecule has 0 bridgehead atoms. The molecule has 1 aromatic carbocycles. The number of rotatable bonds is 4. The lowest BCUT2D eigenvalue weighted by atomic mass is 10.1. The van der Waals surface area contributed by atoms with Gasteiger partial charge in [0, 0.05) is 30.7 Å². The van der Waals surface area contributed by atoms with Gasteiger partial charge in [0.2, 0.25) is 5.91 Å². The van der Waals surface area contributed by atoms with Crippen LogP contribution in [-0.4, -0.2) is 48.8 Å². The summed E-state index contributed by atoms with van der Waals surface area (Å²) in [5, 5.41) is 0. The molecular weight excluding hydrogens is 308 g/mol. The van der Waals surface area contributed by atoms with E-state index >= 15 is 0 Å². The molecule has 0 heterocycles. The second kappa shape index (κ2) is 6.70. The van der Waals surface area contributed by atoms with E-state index in [2.05, 4.69) is 15.9 Å². The molecule has 1 rings (SSSR count). The Kier molecular flexibility index (Phi) is 5.54. The quantitative estimate of drug-likeness (QED) is 0.851. The van der Waals surface area contributed by atoms with Crippen molar-refractivity contribution in [2.45, 2.75) is 13.8 Å². The highest BCUT2D eigenvalue weighted by Gasteiger charge is 2.19. The molecule has 19 heavy (non-hydrogen) atoms. The van der Waals surface area contributed by atoms with Gasteiger partial charge in [0.25, 0.3) is 5.91 Å². The van der Waals surface area contributed by atoms with Crippen LogP contribution in [0.5, 0.6) is 0 Å². The van der Waals surface area contributed by atoms with Crippen molar-refractivity contribution in [1.29, 1.82) is 0 Å². The van der Waals surface area contributed by atoms with Gasteiger partial charge in [-0.25, -0.2) is 0 Å². The van der Waals surface area contributed by atoms with Gasteiger partial charge in [-0.2, -0.15) is 0 Å². The summed E-state index contributed by atoms with van der Waals surface area (Å²) < 4.78 is 0.858. The maximum atomic E-state index is 12.4. The summed E-state index contributed by atoms with van der Waals surface area (Å²) in [6, 6.07) is 5.58. The van der Waals surface area contributed by atoms with Crippen molar-refractivity contribution in [3.05, 3.63) is 33.8 Å². The Balaban J connectivity index is 2.95. The van der Waals surface area contributed by atoms with E-state index in [9.17, 15) is 9.59 Å². The molecule has 0 N–H and O–H groups in total. The molecular formula is C14H19BrN2O2. The molecule has 5 heteroatoms. The molecule has 0 radical (unpaired) electrons. The fraction of sp³-hybridized carbons (Fsp3) is 0.429.